The molecule has 0 saturated carbocycles. The van der Waals surface area contributed by atoms with E-state index in [-0.39, 0.29) is 23.3 Å². The van der Waals surface area contributed by atoms with Gasteiger partial charge in [-0.3, -0.25) is 9.69 Å². The number of carbonyl (C=O) groups is 2. The fourth-order valence-electron chi connectivity index (χ4n) is 2.78. The summed E-state index contributed by atoms with van der Waals surface area (Å²) in [6.07, 6.45) is 1.11. The molecule has 1 amide bonds. The molecule has 2 aromatic carbocycles. The molecule has 2 aliphatic heterocycles. The van der Waals surface area contributed by atoms with E-state index in [9.17, 15) is 14.0 Å². The minimum atomic E-state index is -0.653. The number of hydrogen-bond donors (Lipinski definition) is 0. The number of fused-ring (bicyclic) bond motifs is 1. The highest BCUT2D eigenvalue weighted by Gasteiger charge is 2.34. The Bertz CT molecular complexity index is 1100. The molecule has 0 unspecified atom stereocenters. The first-order chi connectivity index (χ1) is 14.4. The SMILES string of the molecule is COC(=O)/C=C1/SC(=Nc2ccc(F)c(Cl)c2)N(Cc2ccc3c(c2)OCO3)C1=O. The highest BCUT2D eigenvalue weighted by Crippen LogP contribution is 2.37. The van der Waals surface area contributed by atoms with Gasteiger partial charge in [0.2, 0.25) is 6.79 Å². The standard InChI is InChI=1S/C20H14ClFN2O5S/c1-27-18(25)8-17-19(26)24(9-11-2-5-15-16(6-11)29-10-28-15)20(30-17)23-12-3-4-14(22)13(21)7-12/h2-8H,9-10H2,1H3/b17-8+,23-20?. The van der Waals surface area contributed by atoms with Gasteiger partial charge in [-0.05, 0) is 47.7 Å². The summed E-state index contributed by atoms with van der Waals surface area (Å²) >= 11 is 6.85. The van der Waals surface area contributed by atoms with Gasteiger partial charge < -0.3 is 14.2 Å². The molecule has 2 aliphatic rings. The van der Waals surface area contributed by atoms with Crippen LogP contribution in [-0.2, 0) is 20.9 Å². The summed E-state index contributed by atoms with van der Waals surface area (Å²) in [5.41, 5.74) is 1.14. The summed E-state index contributed by atoms with van der Waals surface area (Å²) in [5.74, 6) is -0.419. The van der Waals surface area contributed by atoms with Crippen LogP contribution in [0, 0.1) is 5.82 Å². The number of halogens is 2. The van der Waals surface area contributed by atoms with Crippen LogP contribution in [-0.4, -0.2) is 35.8 Å². The van der Waals surface area contributed by atoms with Gasteiger partial charge in [-0.25, -0.2) is 14.2 Å². The number of amides is 1. The molecule has 1 saturated heterocycles. The van der Waals surface area contributed by atoms with Crippen LogP contribution in [0.3, 0.4) is 0 Å². The molecule has 0 bridgehead atoms. The molecule has 0 aromatic heterocycles. The lowest BCUT2D eigenvalue weighted by Gasteiger charge is -2.16. The quantitative estimate of drug-likeness (QED) is 0.519. The van der Waals surface area contributed by atoms with Crippen molar-refractivity contribution in [3.05, 3.63) is 63.8 Å². The molecule has 0 aliphatic carbocycles. The number of aliphatic imine (C=N–C) groups is 1. The van der Waals surface area contributed by atoms with Crippen molar-refractivity contribution in [1.82, 2.24) is 4.90 Å². The zero-order valence-corrected chi connectivity index (χ0v) is 17.1. The number of carbonyl (C=O) groups excluding carboxylic acids is 2. The number of hydrogen-bond acceptors (Lipinski definition) is 7. The smallest absolute Gasteiger partial charge is 0.331 e. The highest BCUT2D eigenvalue weighted by atomic mass is 35.5. The van der Waals surface area contributed by atoms with E-state index in [1.165, 1.54) is 30.2 Å². The van der Waals surface area contributed by atoms with Gasteiger partial charge in [-0.2, -0.15) is 0 Å². The molecular weight excluding hydrogens is 435 g/mol. The third-order valence-corrected chi connectivity index (χ3v) is 5.54. The van der Waals surface area contributed by atoms with Crippen molar-refractivity contribution in [2.24, 2.45) is 4.99 Å². The summed E-state index contributed by atoms with van der Waals surface area (Å²) in [4.78, 5) is 30.6. The van der Waals surface area contributed by atoms with Gasteiger partial charge in [-0.15, -0.1) is 0 Å². The Kier molecular flexibility index (Phi) is 5.65. The summed E-state index contributed by atoms with van der Waals surface area (Å²) in [7, 11) is 1.23. The largest absolute Gasteiger partial charge is 0.466 e. The first-order valence-electron chi connectivity index (χ1n) is 8.66. The molecule has 7 nitrogen and oxygen atoms in total. The van der Waals surface area contributed by atoms with E-state index in [2.05, 4.69) is 9.73 Å². The van der Waals surface area contributed by atoms with Gasteiger partial charge in [0.05, 0.1) is 29.3 Å². The van der Waals surface area contributed by atoms with Crippen molar-refractivity contribution in [1.29, 1.82) is 0 Å². The maximum absolute atomic E-state index is 13.5. The monoisotopic (exact) mass is 448 g/mol. The average Bonchev–Trinajstić information content (AvgIpc) is 3.30. The van der Waals surface area contributed by atoms with E-state index in [1.807, 2.05) is 0 Å². The summed E-state index contributed by atoms with van der Waals surface area (Å²) in [6.45, 7) is 0.316. The van der Waals surface area contributed by atoms with Crippen LogP contribution in [0.5, 0.6) is 11.5 Å². The number of methoxy groups -OCH3 is 1. The number of nitrogens with zero attached hydrogens (tertiary/aromatic N) is 2. The Morgan fingerprint density at radius 2 is 2.10 bits per heavy atom. The minimum absolute atomic E-state index is 0.0844. The molecule has 0 spiro atoms. The molecule has 30 heavy (non-hydrogen) atoms. The molecule has 4 rings (SSSR count). The Hall–Kier alpha value is -3.04. The van der Waals surface area contributed by atoms with E-state index in [4.69, 9.17) is 21.1 Å². The molecule has 0 N–H and O–H groups in total. The third-order valence-electron chi connectivity index (χ3n) is 4.24. The fraction of sp³-hybridized carbons (Fsp3) is 0.150. The van der Waals surface area contributed by atoms with Crippen LogP contribution in [0.1, 0.15) is 5.56 Å². The topological polar surface area (TPSA) is 77.4 Å². The van der Waals surface area contributed by atoms with Crippen molar-refractivity contribution in [2.75, 3.05) is 13.9 Å². The van der Waals surface area contributed by atoms with E-state index >= 15 is 0 Å². The third kappa shape index (κ3) is 4.12. The van der Waals surface area contributed by atoms with Gasteiger partial charge in [0.15, 0.2) is 16.7 Å². The average molecular weight is 449 g/mol. The Labute approximate surface area is 180 Å². The first kappa shape index (κ1) is 20.2. The zero-order valence-electron chi connectivity index (χ0n) is 15.6. The highest BCUT2D eigenvalue weighted by molar-refractivity contribution is 8.18. The second-order valence-corrected chi connectivity index (χ2v) is 7.62. The van der Waals surface area contributed by atoms with Crippen molar-refractivity contribution in [3.8, 4) is 11.5 Å². The zero-order chi connectivity index (χ0) is 21.3. The van der Waals surface area contributed by atoms with Crippen LogP contribution in [0.4, 0.5) is 10.1 Å². The van der Waals surface area contributed by atoms with Crippen LogP contribution >= 0.6 is 23.4 Å². The number of esters is 1. The first-order valence-corrected chi connectivity index (χ1v) is 9.85. The van der Waals surface area contributed by atoms with Crippen molar-refractivity contribution >= 4 is 46.1 Å². The number of ether oxygens (including phenoxy) is 3. The molecule has 0 atom stereocenters. The number of benzene rings is 2. The van der Waals surface area contributed by atoms with Crippen LogP contribution < -0.4 is 9.47 Å². The molecule has 1 fully saturated rings. The van der Waals surface area contributed by atoms with Crippen molar-refractivity contribution in [3.63, 3.8) is 0 Å². The second-order valence-electron chi connectivity index (χ2n) is 6.21. The number of thioether (sulfide) groups is 1. The van der Waals surface area contributed by atoms with Crippen molar-refractivity contribution in [2.45, 2.75) is 6.54 Å². The van der Waals surface area contributed by atoms with E-state index in [0.29, 0.717) is 22.4 Å². The molecular formula is C20H14ClFN2O5S. The molecule has 2 aromatic rings. The molecule has 10 heteroatoms. The van der Waals surface area contributed by atoms with Crippen LogP contribution in [0.2, 0.25) is 5.02 Å². The molecule has 2 heterocycles. The Morgan fingerprint density at radius 1 is 1.30 bits per heavy atom. The van der Waals surface area contributed by atoms with Gasteiger partial charge in [0.1, 0.15) is 5.82 Å². The minimum Gasteiger partial charge on any atom is -0.466 e. The lowest BCUT2D eigenvalue weighted by molar-refractivity contribution is -0.135. The lowest BCUT2D eigenvalue weighted by atomic mass is 10.2. The summed E-state index contributed by atoms with van der Waals surface area (Å²) in [6, 6.07) is 9.33. The van der Waals surface area contributed by atoms with Crippen LogP contribution in [0.25, 0.3) is 0 Å². The van der Waals surface area contributed by atoms with E-state index in [1.54, 1.807) is 18.2 Å². The predicted molar refractivity (Wildman–Crippen MR) is 109 cm³/mol. The Balaban J connectivity index is 1.68. The molecule has 0 radical (unpaired) electrons. The van der Waals surface area contributed by atoms with Gasteiger partial charge in [0.25, 0.3) is 5.91 Å². The normalized spacial score (nSPS) is 17.8. The lowest BCUT2D eigenvalue weighted by Crippen LogP contribution is -2.28. The maximum atomic E-state index is 13.5. The van der Waals surface area contributed by atoms with Crippen LogP contribution in [0.15, 0.2) is 52.4 Å². The van der Waals surface area contributed by atoms with Gasteiger partial charge >= 0.3 is 5.97 Å². The fourth-order valence-corrected chi connectivity index (χ4v) is 3.92. The van der Waals surface area contributed by atoms with E-state index < -0.39 is 17.7 Å². The Morgan fingerprint density at radius 3 is 2.87 bits per heavy atom. The second kappa shape index (κ2) is 8.37. The van der Waals surface area contributed by atoms with Gasteiger partial charge in [-0.1, -0.05) is 17.7 Å². The summed E-state index contributed by atoms with van der Waals surface area (Å²) in [5, 5.41) is 0.231. The summed E-state index contributed by atoms with van der Waals surface area (Å²) < 4.78 is 28.8. The molecule has 154 valence electrons. The number of rotatable bonds is 4. The van der Waals surface area contributed by atoms with E-state index in [0.717, 1.165) is 23.4 Å². The van der Waals surface area contributed by atoms with Gasteiger partial charge in [0, 0.05) is 6.08 Å². The van der Waals surface area contributed by atoms with Crippen molar-refractivity contribution < 1.29 is 28.2 Å². The number of amidine groups is 1. The predicted octanol–water partition coefficient (Wildman–Crippen LogP) is 4.03. The maximum Gasteiger partial charge on any atom is 0.331 e.